The molecule has 0 aliphatic heterocycles. The van der Waals surface area contributed by atoms with Gasteiger partial charge in [0.15, 0.2) is 0 Å². The van der Waals surface area contributed by atoms with Gasteiger partial charge in [0, 0.05) is 4.88 Å². The second kappa shape index (κ2) is 8.46. The van der Waals surface area contributed by atoms with Crippen LogP contribution >= 0.6 is 22.7 Å². The molecule has 2 N–H and O–H groups in total. The number of methoxy groups -OCH3 is 1. The van der Waals surface area contributed by atoms with E-state index in [-0.39, 0.29) is 11.6 Å². The highest BCUT2D eigenvalue weighted by atomic mass is 32.1. The number of para-hydroxylation sites is 2. The number of rotatable bonds is 6. The van der Waals surface area contributed by atoms with Gasteiger partial charge in [0.25, 0.3) is 11.8 Å². The molecule has 0 unspecified atom stereocenters. The van der Waals surface area contributed by atoms with E-state index in [4.69, 9.17) is 4.74 Å². The maximum Gasteiger partial charge on any atom is 0.272 e. The summed E-state index contributed by atoms with van der Waals surface area (Å²) in [5, 5.41) is 9.20. The Bertz CT molecular complexity index is 916. The van der Waals surface area contributed by atoms with Crippen molar-refractivity contribution in [3.8, 4) is 5.75 Å². The summed E-state index contributed by atoms with van der Waals surface area (Å²) in [6.07, 6.45) is 1.65. The molecular formula is C19H16N2O3S2. The molecule has 0 saturated heterocycles. The van der Waals surface area contributed by atoms with Crippen LogP contribution in [0, 0.1) is 0 Å². The number of amides is 2. The molecule has 0 atom stereocenters. The van der Waals surface area contributed by atoms with E-state index < -0.39 is 5.91 Å². The van der Waals surface area contributed by atoms with Crippen LogP contribution in [0.25, 0.3) is 6.08 Å². The fourth-order valence-corrected chi connectivity index (χ4v) is 3.48. The van der Waals surface area contributed by atoms with Gasteiger partial charge < -0.3 is 15.4 Å². The van der Waals surface area contributed by atoms with Crippen molar-refractivity contribution in [2.24, 2.45) is 0 Å². The zero-order valence-corrected chi connectivity index (χ0v) is 15.5. The van der Waals surface area contributed by atoms with Crippen molar-refractivity contribution >= 4 is 46.3 Å². The highest BCUT2D eigenvalue weighted by Crippen LogP contribution is 2.24. The number of hydrogen-bond acceptors (Lipinski definition) is 5. The molecule has 132 valence electrons. The number of hydrogen-bond donors (Lipinski definition) is 2. The van der Waals surface area contributed by atoms with E-state index >= 15 is 0 Å². The normalized spacial score (nSPS) is 11.0. The Kier molecular flexibility index (Phi) is 5.83. The number of ether oxygens (including phenoxy) is 1. The summed E-state index contributed by atoms with van der Waals surface area (Å²) in [4.78, 5) is 26.5. The Morgan fingerprint density at radius 3 is 2.46 bits per heavy atom. The lowest BCUT2D eigenvalue weighted by Crippen LogP contribution is -2.30. The first-order valence-electron chi connectivity index (χ1n) is 7.72. The van der Waals surface area contributed by atoms with Gasteiger partial charge in [-0.2, -0.15) is 0 Å². The maximum atomic E-state index is 12.8. The summed E-state index contributed by atoms with van der Waals surface area (Å²) < 4.78 is 5.25. The Hall–Kier alpha value is -2.90. The van der Waals surface area contributed by atoms with Crippen LogP contribution in [0.3, 0.4) is 0 Å². The van der Waals surface area contributed by atoms with Crippen LogP contribution in [-0.2, 0) is 4.79 Å². The van der Waals surface area contributed by atoms with Gasteiger partial charge >= 0.3 is 0 Å². The van der Waals surface area contributed by atoms with Crippen LogP contribution in [0.1, 0.15) is 14.5 Å². The zero-order valence-electron chi connectivity index (χ0n) is 13.9. The molecule has 3 aromatic rings. The van der Waals surface area contributed by atoms with E-state index in [2.05, 4.69) is 10.6 Å². The molecule has 0 fully saturated rings. The summed E-state index contributed by atoms with van der Waals surface area (Å²) in [6.45, 7) is 0. The lowest BCUT2D eigenvalue weighted by molar-refractivity contribution is -0.113. The Balaban J connectivity index is 1.85. The van der Waals surface area contributed by atoms with Gasteiger partial charge in [0.05, 0.1) is 17.7 Å². The predicted octanol–water partition coefficient (Wildman–Crippen LogP) is 4.23. The topological polar surface area (TPSA) is 67.4 Å². The van der Waals surface area contributed by atoms with Gasteiger partial charge in [-0.1, -0.05) is 24.3 Å². The number of anilines is 1. The first-order valence-corrected chi connectivity index (χ1v) is 9.47. The average molecular weight is 384 g/mol. The Morgan fingerprint density at radius 2 is 1.77 bits per heavy atom. The number of thiophene rings is 2. The summed E-state index contributed by atoms with van der Waals surface area (Å²) >= 11 is 2.79. The van der Waals surface area contributed by atoms with Crippen molar-refractivity contribution in [1.29, 1.82) is 0 Å². The summed E-state index contributed by atoms with van der Waals surface area (Å²) in [6, 6.07) is 14.4. The maximum absolute atomic E-state index is 12.8. The highest BCUT2D eigenvalue weighted by molar-refractivity contribution is 7.12. The molecule has 26 heavy (non-hydrogen) atoms. The number of carbonyl (C=O) groups excluding carboxylic acids is 2. The van der Waals surface area contributed by atoms with Gasteiger partial charge in [-0.3, -0.25) is 9.59 Å². The molecule has 3 rings (SSSR count). The minimum Gasteiger partial charge on any atom is -0.495 e. The standard InChI is InChI=1S/C19H16N2O3S2/c1-24-16-8-3-2-7-14(16)20-18(22)15(12-13-6-4-10-25-13)21-19(23)17-9-5-11-26-17/h2-12H,1H3,(H,20,22)(H,21,23). The third kappa shape index (κ3) is 4.38. The second-order valence-electron chi connectivity index (χ2n) is 5.16. The number of benzene rings is 1. The summed E-state index contributed by atoms with van der Waals surface area (Å²) in [7, 11) is 1.53. The quantitative estimate of drug-likeness (QED) is 0.625. The summed E-state index contributed by atoms with van der Waals surface area (Å²) in [5.41, 5.74) is 0.694. The molecule has 0 aliphatic rings. The zero-order chi connectivity index (χ0) is 18.4. The first kappa shape index (κ1) is 17.9. The fraction of sp³-hybridized carbons (Fsp3) is 0.0526. The van der Waals surface area contributed by atoms with Crippen molar-refractivity contribution in [2.75, 3.05) is 12.4 Å². The van der Waals surface area contributed by atoms with E-state index in [0.717, 1.165) is 4.88 Å². The fourth-order valence-electron chi connectivity index (χ4n) is 2.20. The molecule has 5 nitrogen and oxygen atoms in total. The predicted molar refractivity (Wildman–Crippen MR) is 106 cm³/mol. The highest BCUT2D eigenvalue weighted by Gasteiger charge is 2.17. The molecule has 0 saturated carbocycles. The minimum atomic E-state index is -0.423. The van der Waals surface area contributed by atoms with E-state index in [9.17, 15) is 9.59 Å². The monoisotopic (exact) mass is 384 g/mol. The van der Waals surface area contributed by atoms with Gasteiger partial charge in [0.2, 0.25) is 0 Å². The molecule has 1 aromatic carbocycles. The SMILES string of the molecule is COc1ccccc1NC(=O)C(=Cc1cccs1)NC(=O)c1cccs1. The third-order valence-corrected chi connectivity index (χ3v) is 5.11. The average Bonchev–Trinajstić information content (AvgIpc) is 3.35. The van der Waals surface area contributed by atoms with Crippen molar-refractivity contribution in [1.82, 2.24) is 5.32 Å². The van der Waals surface area contributed by atoms with Crippen LogP contribution < -0.4 is 15.4 Å². The third-order valence-electron chi connectivity index (χ3n) is 3.42. The van der Waals surface area contributed by atoms with Crippen molar-refractivity contribution in [2.45, 2.75) is 0 Å². The molecule has 0 spiro atoms. The van der Waals surface area contributed by atoms with Crippen LogP contribution in [0.4, 0.5) is 5.69 Å². The van der Waals surface area contributed by atoms with Gasteiger partial charge in [-0.15, -0.1) is 22.7 Å². The molecular weight excluding hydrogens is 368 g/mol. The van der Waals surface area contributed by atoms with Gasteiger partial charge in [-0.05, 0) is 41.1 Å². The molecule has 2 amide bonds. The van der Waals surface area contributed by atoms with E-state index in [1.807, 2.05) is 29.0 Å². The Morgan fingerprint density at radius 1 is 1.00 bits per heavy atom. The van der Waals surface area contributed by atoms with Crippen LogP contribution in [0.5, 0.6) is 5.75 Å². The lowest BCUT2D eigenvalue weighted by Gasteiger charge is -2.12. The first-order chi connectivity index (χ1) is 12.7. The molecule has 2 aromatic heterocycles. The molecule has 0 radical (unpaired) electrons. The van der Waals surface area contributed by atoms with E-state index in [1.165, 1.54) is 29.8 Å². The molecule has 7 heteroatoms. The second-order valence-corrected chi connectivity index (χ2v) is 7.09. The lowest BCUT2D eigenvalue weighted by atomic mass is 10.2. The van der Waals surface area contributed by atoms with Crippen LogP contribution in [0.15, 0.2) is 65.0 Å². The number of carbonyl (C=O) groups is 2. The largest absolute Gasteiger partial charge is 0.495 e. The van der Waals surface area contributed by atoms with Gasteiger partial charge in [0.1, 0.15) is 11.4 Å². The van der Waals surface area contributed by atoms with Crippen molar-refractivity contribution < 1.29 is 14.3 Å². The molecule has 0 bridgehead atoms. The Labute approximate surface area is 158 Å². The molecule has 0 aliphatic carbocycles. The number of nitrogens with one attached hydrogen (secondary N) is 2. The van der Waals surface area contributed by atoms with Crippen molar-refractivity contribution in [3.05, 3.63) is 74.7 Å². The minimum absolute atomic E-state index is 0.164. The van der Waals surface area contributed by atoms with Crippen molar-refractivity contribution in [3.63, 3.8) is 0 Å². The smallest absolute Gasteiger partial charge is 0.272 e. The van der Waals surface area contributed by atoms with E-state index in [1.54, 1.807) is 36.4 Å². The van der Waals surface area contributed by atoms with E-state index in [0.29, 0.717) is 16.3 Å². The van der Waals surface area contributed by atoms with Crippen LogP contribution in [0.2, 0.25) is 0 Å². The van der Waals surface area contributed by atoms with Gasteiger partial charge in [-0.25, -0.2) is 0 Å². The van der Waals surface area contributed by atoms with Crippen LogP contribution in [-0.4, -0.2) is 18.9 Å². The summed E-state index contributed by atoms with van der Waals surface area (Å²) in [5.74, 6) is -0.202. The molecule has 2 heterocycles.